The highest BCUT2D eigenvalue weighted by Crippen LogP contribution is 2.24. The second-order valence-electron chi connectivity index (χ2n) is 5.83. The summed E-state index contributed by atoms with van der Waals surface area (Å²) in [5.41, 5.74) is 4.68. The number of benzene rings is 2. The Hall–Kier alpha value is -2.09. The molecule has 2 nitrogen and oxygen atoms in total. The topological polar surface area (TPSA) is 17.8 Å². The molecule has 2 heteroatoms. The van der Waals surface area contributed by atoms with Crippen LogP contribution in [-0.4, -0.2) is 9.55 Å². The summed E-state index contributed by atoms with van der Waals surface area (Å²) in [7, 11) is 0. The van der Waals surface area contributed by atoms with Crippen LogP contribution in [0.15, 0.2) is 48.5 Å². The molecule has 0 atom stereocenters. The van der Waals surface area contributed by atoms with Crippen LogP contribution < -0.4 is 0 Å². The van der Waals surface area contributed by atoms with Crippen molar-refractivity contribution in [3.63, 3.8) is 0 Å². The summed E-state index contributed by atoms with van der Waals surface area (Å²) in [4.78, 5) is 4.30. The second kappa shape index (κ2) is 4.23. The van der Waals surface area contributed by atoms with Crippen LogP contribution in [-0.2, 0) is 5.41 Å². The van der Waals surface area contributed by atoms with Gasteiger partial charge in [-0.3, -0.25) is 4.57 Å². The number of rotatable bonds is 1. The molecule has 0 fully saturated rings. The van der Waals surface area contributed by atoms with Crippen LogP contribution in [0.2, 0.25) is 0 Å². The predicted molar refractivity (Wildman–Crippen MR) is 78.6 cm³/mol. The van der Waals surface area contributed by atoms with Gasteiger partial charge < -0.3 is 0 Å². The van der Waals surface area contributed by atoms with Gasteiger partial charge in [-0.1, -0.05) is 45.0 Å². The molecule has 0 unspecified atom stereocenters. The summed E-state index contributed by atoms with van der Waals surface area (Å²) in [6, 6.07) is 16.7. The number of para-hydroxylation sites is 2. The lowest BCUT2D eigenvalue weighted by Gasteiger charge is -2.19. The highest BCUT2D eigenvalue weighted by Gasteiger charge is 2.13. The zero-order valence-electron chi connectivity index (χ0n) is 11.5. The van der Waals surface area contributed by atoms with Crippen LogP contribution in [0.1, 0.15) is 26.3 Å². The lowest BCUT2D eigenvalue weighted by Crippen LogP contribution is -2.10. The van der Waals surface area contributed by atoms with Gasteiger partial charge >= 0.3 is 0 Å². The normalized spacial score (nSPS) is 11.9. The van der Waals surface area contributed by atoms with Crippen LogP contribution in [0.4, 0.5) is 0 Å². The van der Waals surface area contributed by atoms with E-state index in [4.69, 9.17) is 0 Å². The van der Waals surface area contributed by atoms with E-state index in [1.165, 1.54) is 5.56 Å². The van der Waals surface area contributed by atoms with E-state index >= 15 is 0 Å². The second-order valence-corrected chi connectivity index (χ2v) is 5.83. The van der Waals surface area contributed by atoms with Gasteiger partial charge in [0.1, 0.15) is 0 Å². The first-order valence-electron chi connectivity index (χ1n) is 6.52. The first kappa shape index (κ1) is 12.0. The molecule has 1 heterocycles. The number of fused-ring (bicyclic) bond motifs is 1. The first-order valence-corrected chi connectivity index (χ1v) is 6.52. The molecule has 3 rings (SSSR count). The van der Waals surface area contributed by atoms with Crippen molar-refractivity contribution in [2.75, 3.05) is 0 Å². The van der Waals surface area contributed by atoms with Crippen molar-refractivity contribution < 1.29 is 0 Å². The molecule has 0 saturated heterocycles. The lowest BCUT2D eigenvalue weighted by molar-refractivity contribution is 0.590. The van der Waals surface area contributed by atoms with Crippen LogP contribution in [0, 0.1) is 6.33 Å². The maximum atomic E-state index is 4.30. The zero-order valence-corrected chi connectivity index (χ0v) is 11.5. The summed E-state index contributed by atoms with van der Waals surface area (Å²) >= 11 is 0. The van der Waals surface area contributed by atoms with E-state index in [1.54, 1.807) is 0 Å². The minimum atomic E-state index is 0.180. The fourth-order valence-electron chi connectivity index (χ4n) is 2.21. The van der Waals surface area contributed by atoms with E-state index < -0.39 is 0 Å². The van der Waals surface area contributed by atoms with Crippen molar-refractivity contribution in [3.8, 4) is 5.69 Å². The molecule has 1 aromatic heterocycles. The van der Waals surface area contributed by atoms with Gasteiger partial charge in [0.2, 0.25) is 0 Å². The maximum absolute atomic E-state index is 4.30. The molecular weight excluding hydrogens is 232 g/mol. The van der Waals surface area contributed by atoms with Crippen LogP contribution >= 0.6 is 0 Å². The Morgan fingerprint density at radius 1 is 0.947 bits per heavy atom. The molecule has 1 radical (unpaired) electrons. The largest absolute Gasteiger partial charge is 0.290 e. The van der Waals surface area contributed by atoms with Gasteiger partial charge in [0.25, 0.3) is 0 Å². The minimum absolute atomic E-state index is 0.180. The fourth-order valence-corrected chi connectivity index (χ4v) is 2.21. The molecule has 0 spiro atoms. The minimum Gasteiger partial charge on any atom is -0.290 e. The van der Waals surface area contributed by atoms with E-state index in [0.717, 1.165) is 16.7 Å². The van der Waals surface area contributed by atoms with Crippen molar-refractivity contribution >= 4 is 11.0 Å². The Morgan fingerprint density at radius 3 is 2.32 bits per heavy atom. The van der Waals surface area contributed by atoms with Crippen LogP contribution in [0.25, 0.3) is 16.7 Å². The Balaban J connectivity index is 2.07. The maximum Gasteiger partial charge on any atom is 0.182 e. The standard InChI is InChI=1S/C17H17N2/c1-17(2,3)13-8-10-14(11-9-13)19-12-18-15-6-4-5-7-16(15)19/h4-11H,1-3H3. The van der Waals surface area contributed by atoms with Gasteiger partial charge in [-0.05, 0) is 35.2 Å². The Bertz CT molecular complexity index is 700. The smallest absolute Gasteiger partial charge is 0.182 e. The monoisotopic (exact) mass is 249 g/mol. The van der Waals surface area contributed by atoms with Gasteiger partial charge in [0, 0.05) is 5.69 Å². The summed E-state index contributed by atoms with van der Waals surface area (Å²) in [6.07, 6.45) is 3.05. The molecule has 0 aliphatic carbocycles. The molecule has 0 aliphatic heterocycles. The van der Waals surface area contributed by atoms with Gasteiger partial charge in [0.15, 0.2) is 6.33 Å². The van der Waals surface area contributed by atoms with E-state index in [9.17, 15) is 0 Å². The van der Waals surface area contributed by atoms with Gasteiger partial charge in [-0.2, -0.15) is 0 Å². The van der Waals surface area contributed by atoms with E-state index in [1.807, 2.05) is 22.8 Å². The molecule has 0 N–H and O–H groups in total. The highest BCUT2D eigenvalue weighted by atomic mass is 15.0. The van der Waals surface area contributed by atoms with Gasteiger partial charge in [0.05, 0.1) is 11.0 Å². The highest BCUT2D eigenvalue weighted by molar-refractivity contribution is 5.76. The Kier molecular flexibility index (Phi) is 2.67. The fraction of sp³-hybridized carbons (Fsp3) is 0.235. The van der Waals surface area contributed by atoms with E-state index in [2.05, 4.69) is 62.4 Å². The molecule has 0 amide bonds. The molecule has 3 aromatic rings. The third kappa shape index (κ3) is 2.14. The number of aromatic nitrogens is 2. The van der Waals surface area contributed by atoms with Crippen molar-refractivity contribution in [1.82, 2.24) is 9.55 Å². The summed E-state index contributed by atoms with van der Waals surface area (Å²) < 4.78 is 2.00. The van der Waals surface area contributed by atoms with Gasteiger partial charge in [-0.25, -0.2) is 4.98 Å². The summed E-state index contributed by atoms with van der Waals surface area (Å²) in [5, 5.41) is 0. The zero-order chi connectivity index (χ0) is 13.5. The average molecular weight is 249 g/mol. The molecule has 0 bridgehead atoms. The molecular formula is C17H17N2. The molecule has 95 valence electrons. The number of hydrogen-bond donors (Lipinski definition) is 0. The van der Waals surface area contributed by atoms with Crippen molar-refractivity contribution in [1.29, 1.82) is 0 Å². The third-order valence-electron chi connectivity index (χ3n) is 3.38. The quantitative estimate of drug-likeness (QED) is 0.634. The molecule has 19 heavy (non-hydrogen) atoms. The molecule has 0 saturated carbocycles. The molecule has 0 aliphatic rings. The summed E-state index contributed by atoms with van der Waals surface area (Å²) in [5.74, 6) is 0. The number of nitrogens with zero attached hydrogens (tertiary/aromatic N) is 2. The van der Waals surface area contributed by atoms with Crippen molar-refractivity contribution in [2.24, 2.45) is 0 Å². The van der Waals surface area contributed by atoms with E-state index in [-0.39, 0.29) is 5.41 Å². The first-order chi connectivity index (χ1) is 9.05. The number of hydrogen-bond acceptors (Lipinski definition) is 1. The molecule has 2 aromatic carbocycles. The summed E-state index contributed by atoms with van der Waals surface area (Å²) in [6.45, 7) is 6.67. The van der Waals surface area contributed by atoms with Crippen LogP contribution in [0.5, 0.6) is 0 Å². The number of imidazole rings is 1. The third-order valence-corrected chi connectivity index (χ3v) is 3.38. The predicted octanol–water partition coefficient (Wildman–Crippen LogP) is 4.12. The SMILES string of the molecule is CC(C)(C)c1ccc(-n2[c]nc3ccccc32)cc1. The average Bonchev–Trinajstić information content (AvgIpc) is 2.82. The van der Waals surface area contributed by atoms with Gasteiger partial charge in [-0.15, -0.1) is 0 Å². The van der Waals surface area contributed by atoms with Crippen molar-refractivity contribution in [3.05, 3.63) is 60.4 Å². The Morgan fingerprint density at radius 2 is 1.63 bits per heavy atom. The van der Waals surface area contributed by atoms with E-state index in [0.29, 0.717) is 0 Å². The Labute approximate surface area is 113 Å². The lowest BCUT2D eigenvalue weighted by atomic mass is 9.87. The van der Waals surface area contributed by atoms with Crippen LogP contribution in [0.3, 0.4) is 0 Å². The van der Waals surface area contributed by atoms with Crippen molar-refractivity contribution in [2.45, 2.75) is 26.2 Å².